The average molecular weight is 456 g/mol. The lowest BCUT2D eigenvalue weighted by atomic mass is 10.1. The Morgan fingerprint density at radius 1 is 0.765 bits per heavy atom. The number of aryl methyl sites for hydroxylation is 1. The van der Waals surface area contributed by atoms with Crippen LogP contribution in [0.2, 0.25) is 0 Å². The molecule has 0 unspecified atom stereocenters. The normalized spacial score (nSPS) is 11.7. The minimum absolute atomic E-state index is 0.608. The molecule has 4 heteroatoms. The van der Waals surface area contributed by atoms with E-state index in [1.807, 2.05) is 55.5 Å². The first-order chi connectivity index (χ1) is 16.7. The van der Waals surface area contributed by atoms with E-state index in [4.69, 9.17) is 18.9 Å². The molecule has 0 fully saturated rings. The lowest BCUT2D eigenvalue weighted by molar-refractivity contribution is 0.305. The van der Waals surface area contributed by atoms with Gasteiger partial charge in [0.25, 0.3) is 0 Å². The van der Waals surface area contributed by atoms with E-state index in [1.54, 1.807) is 0 Å². The van der Waals surface area contributed by atoms with Crippen molar-refractivity contribution in [3.63, 3.8) is 0 Å². The van der Waals surface area contributed by atoms with Crippen molar-refractivity contribution in [1.82, 2.24) is 0 Å². The Bertz CT molecular complexity index is 1270. The molecule has 4 aromatic rings. The third kappa shape index (κ3) is 6.07. The van der Waals surface area contributed by atoms with Crippen LogP contribution in [0.3, 0.4) is 0 Å². The molecular formula is C30H33NO3. The summed E-state index contributed by atoms with van der Waals surface area (Å²) in [5.74, 6) is 2.46. The number of hydrogen-bond donors (Lipinski definition) is 0. The first kappa shape index (κ1) is 23.6. The van der Waals surface area contributed by atoms with E-state index in [2.05, 4.69) is 38.1 Å². The van der Waals surface area contributed by atoms with Gasteiger partial charge in [0.1, 0.15) is 22.8 Å². The van der Waals surface area contributed by atoms with E-state index in [-0.39, 0.29) is 0 Å². The topological polar surface area (TPSA) is 44.0 Å². The predicted octanol–water partition coefficient (Wildman–Crippen LogP) is 8.00. The Morgan fingerprint density at radius 2 is 1.53 bits per heavy atom. The molecule has 0 saturated carbocycles. The molecule has 0 spiro atoms. The lowest BCUT2D eigenvalue weighted by Crippen LogP contribution is -2.04. The summed E-state index contributed by atoms with van der Waals surface area (Å²) in [6, 6.07) is 24.2. The molecule has 0 aliphatic rings. The third-order valence-electron chi connectivity index (χ3n) is 5.71. The highest BCUT2D eigenvalue weighted by Gasteiger charge is 2.08. The Kier molecular flexibility index (Phi) is 8.03. The van der Waals surface area contributed by atoms with Crippen LogP contribution in [0.4, 0.5) is 5.69 Å². The molecule has 0 saturated heterocycles. The van der Waals surface area contributed by atoms with Gasteiger partial charge >= 0.3 is 0 Å². The minimum atomic E-state index is 0.608. The number of rotatable bonds is 10. The number of ether oxygens (including phenoxy) is 2. The summed E-state index contributed by atoms with van der Waals surface area (Å²) in [6.45, 7) is 7.64. The molecule has 0 aliphatic carbocycles. The molecule has 0 N–H and O–H groups in total. The van der Waals surface area contributed by atoms with Gasteiger partial charge in [-0.3, -0.25) is 0 Å². The molecule has 0 amide bonds. The smallest absolute Gasteiger partial charge is 0.137 e. The van der Waals surface area contributed by atoms with Crippen LogP contribution < -0.4 is 14.8 Å². The molecule has 3 aromatic carbocycles. The van der Waals surface area contributed by atoms with E-state index in [9.17, 15) is 0 Å². The van der Waals surface area contributed by atoms with Crippen molar-refractivity contribution < 1.29 is 13.9 Å². The van der Waals surface area contributed by atoms with E-state index in [0.717, 1.165) is 57.9 Å². The molecule has 0 bridgehead atoms. The summed E-state index contributed by atoms with van der Waals surface area (Å²) in [6.07, 6.45) is 4.79. The van der Waals surface area contributed by atoms with E-state index in [1.165, 1.54) is 24.8 Å². The van der Waals surface area contributed by atoms with Crippen LogP contribution >= 0.6 is 0 Å². The van der Waals surface area contributed by atoms with Crippen molar-refractivity contribution in [1.29, 1.82) is 0 Å². The highest BCUT2D eigenvalue weighted by atomic mass is 16.5. The van der Waals surface area contributed by atoms with Gasteiger partial charge in [0.05, 0.1) is 24.3 Å². The molecule has 34 heavy (non-hydrogen) atoms. The molecule has 4 rings (SSSR count). The van der Waals surface area contributed by atoms with E-state index >= 15 is 0 Å². The van der Waals surface area contributed by atoms with Crippen LogP contribution in [0.5, 0.6) is 11.5 Å². The fraction of sp³-hybridized carbons (Fsp3) is 0.300. The molecule has 1 aromatic heterocycles. The fourth-order valence-corrected chi connectivity index (χ4v) is 3.83. The SMILES string of the molecule is CCCCCCOc1ccc(N=c2cc(-c3ccc(C)cc3)oc3ccc(OCC)cc23)cc1. The van der Waals surface area contributed by atoms with Crippen LogP contribution in [-0.4, -0.2) is 13.2 Å². The van der Waals surface area contributed by atoms with Crippen molar-refractivity contribution in [3.8, 4) is 22.8 Å². The Hall–Kier alpha value is -3.53. The monoisotopic (exact) mass is 455 g/mol. The van der Waals surface area contributed by atoms with Crippen LogP contribution in [0.15, 0.2) is 82.2 Å². The van der Waals surface area contributed by atoms with Gasteiger partial charge in [0, 0.05) is 17.0 Å². The first-order valence-corrected chi connectivity index (χ1v) is 12.2. The van der Waals surface area contributed by atoms with Crippen LogP contribution in [0.1, 0.15) is 45.1 Å². The van der Waals surface area contributed by atoms with Gasteiger partial charge in [0.2, 0.25) is 0 Å². The van der Waals surface area contributed by atoms with Crippen molar-refractivity contribution in [3.05, 3.63) is 83.7 Å². The van der Waals surface area contributed by atoms with Gasteiger partial charge in [-0.2, -0.15) is 0 Å². The van der Waals surface area contributed by atoms with Gasteiger partial charge in [-0.15, -0.1) is 0 Å². The highest BCUT2D eigenvalue weighted by Crippen LogP contribution is 2.26. The average Bonchev–Trinajstić information content (AvgIpc) is 2.86. The third-order valence-corrected chi connectivity index (χ3v) is 5.71. The second-order valence-electron chi connectivity index (χ2n) is 8.47. The molecule has 0 atom stereocenters. The highest BCUT2D eigenvalue weighted by molar-refractivity contribution is 5.80. The zero-order valence-electron chi connectivity index (χ0n) is 20.3. The van der Waals surface area contributed by atoms with Gasteiger partial charge in [-0.05, 0) is 62.7 Å². The summed E-state index contributed by atoms with van der Waals surface area (Å²) in [5, 5.41) is 1.75. The van der Waals surface area contributed by atoms with E-state index in [0.29, 0.717) is 6.61 Å². The van der Waals surface area contributed by atoms with Crippen molar-refractivity contribution in [2.45, 2.75) is 46.5 Å². The zero-order chi connectivity index (χ0) is 23.8. The summed E-state index contributed by atoms with van der Waals surface area (Å²) >= 11 is 0. The number of benzene rings is 3. The van der Waals surface area contributed by atoms with Crippen LogP contribution in [0.25, 0.3) is 22.3 Å². The summed E-state index contributed by atoms with van der Waals surface area (Å²) in [4.78, 5) is 4.97. The number of fused-ring (bicyclic) bond motifs is 1. The predicted molar refractivity (Wildman–Crippen MR) is 139 cm³/mol. The van der Waals surface area contributed by atoms with Gasteiger partial charge in [-0.1, -0.05) is 56.0 Å². The summed E-state index contributed by atoms with van der Waals surface area (Å²) < 4.78 is 17.9. The largest absolute Gasteiger partial charge is 0.494 e. The summed E-state index contributed by atoms with van der Waals surface area (Å²) in [7, 11) is 0. The Morgan fingerprint density at radius 3 is 2.26 bits per heavy atom. The first-order valence-electron chi connectivity index (χ1n) is 12.2. The molecular weight excluding hydrogens is 422 g/mol. The summed E-state index contributed by atoms with van der Waals surface area (Å²) in [5.41, 5.74) is 3.86. The second-order valence-corrected chi connectivity index (χ2v) is 8.47. The maximum atomic E-state index is 6.25. The number of unbranched alkanes of at least 4 members (excludes halogenated alkanes) is 3. The van der Waals surface area contributed by atoms with Gasteiger partial charge < -0.3 is 13.9 Å². The van der Waals surface area contributed by atoms with Crippen molar-refractivity contribution in [2.75, 3.05) is 13.2 Å². The fourth-order valence-electron chi connectivity index (χ4n) is 3.83. The quantitative estimate of drug-likeness (QED) is 0.228. The minimum Gasteiger partial charge on any atom is -0.494 e. The Labute approximate surface area is 201 Å². The van der Waals surface area contributed by atoms with Crippen molar-refractivity contribution in [2.24, 2.45) is 4.99 Å². The van der Waals surface area contributed by atoms with Crippen LogP contribution in [0, 0.1) is 6.92 Å². The molecule has 0 radical (unpaired) electrons. The number of hydrogen-bond acceptors (Lipinski definition) is 4. The maximum absolute atomic E-state index is 6.25. The lowest BCUT2D eigenvalue weighted by Gasteiger charge is -2.08. The molecule has 4 nitrogen and oxygen atoms in total. The maximum Gasteiger partial charge on any atom is 0.137 e. The zero-order valence-corrected chi connectivity index (χ0v) is 20.3. The number of nitrogens with zero attached hydrogens (tertiary/aromatic N) is 1. The van der Waals surface area contributed by atoms with Crippen LogP contribution in [-0.2, 0) is 0 Å². The standard InChI is InChI=1S/C30H33NO3/c1-4-6-7-8-19-33-25-15-13-24(14-16-25)31-28-21-30(23-11-9-22(3)10-12-23)34-29-18-17-26(32-5-2)20-27(28)29/h9-18,20-21H,4-8,19H2,1-3H3. The molecule has 176 valence electrons. The molecule has 0 aliphatic heterocycles. The van der Waals surface area contributed by atoms with Crippen molar-refractivity contribution >= 4 is 16.7 Å². The van der Waals surface area contributed by atoms with Gasteiger partial charge in [0.15, 0.2) is 0 Å². The molecule has 1 heterocycles. The van der Waals surface area contributed by atoms with Gasteiger partial charge in [-0.25, -0.2) is 4.99 Å². The second kappa shape index (κ2) is 11.6. The van der Waals surface area contributed by atoms with E-state index < -0.39 is 0 Å². The Balaban J connectivity index is 1.68.